The first kappa shape index (κ1) is 34.0. The number of hydrogen-bond acceptors (Lipinski definition) is 10. The quantitative estimate of drug-likeness (QED) is 0.200. The Bertz CT molecular complexity index is 1560. The van der Waals surface area contributed by atoms with Gasteiger partial charge in [0.2, 0.25) is 10.0 Å². The van der Waals surface area contributed by atoms with Gasteiger partial charge in [-0.3, -0.25) is 18.9 Å². The van der Waals surface area contributed by atoms with Gasteiger partial charge in [0, 0.05) is 24.1 Å². The topological polar surface area (TPSA) is 192 Å². The highest BCUT2D eigenvalue weighted by atomic mass is 32.3. The highest BCUT2D eigenvalue weighted by Crippen LogP contribution is 2.46. The van der Waals surface area contributed by atoms with E-state index in [-0.39, 0.29) is 42.2 Å². The third-order valence-electron chi connectivity index (χ3n) is 7.61. The van der Waals surface area contributed by atoms with E-state index in [0.717, 1.165) is 17.5 Å². The Morgan fingerprint density at radius 2 is 1.68 bits per heavy atom. The first-order chi connectivity index (χ1) is 20.5. The van der Waals surface area contributed by atoms with Crippen LogP contribution < -0.4 is 10.0 Å². The molecule has 2 aliphatic heterocycles. The van der Waals surface area contributed by atoms with E-state index in [1.54, 1.807) is 6.92 Å². The van der Waals surface area contributed by atoms with Gasteiger partial charge in [-0.1, -0.05) is 18.2 Å². The molecular formula is C27H33F3N4O8S2. The summed E-state index contributed by atoms with van der Waals surface area (Å²) in [4.78, 5) is 17.2. The van der Waals surface area contributed by atoms with Gasteiger partial charge in [-0.05, 0) is 61.2 Å². The zero-order valence-corrected chi connectivity index (χ0v) is 25.1. The molecule has 7 N–H and O–H groups in total. The normalized spacial score (nSPS) is 18.6. The lowest BCUT2D eigenvalue weighted by atomic mass is 9.89. The molecule has 0 aromatic heterocycles. The third-order valence-corrected chi connectivity index (χ3v) is 10.8. The molecule has 1 amide bonds. The number of aliphatic hydroxyl groups is 3. The van der Waals surface area contributed by atoms with E-state index in [1.807, 2.05) is 0 Å². The first-order valence-corrected chi connectivity index (χ1v) is 16.3. The Hall–Kier alpha value is -2.87. The fourth-order valence-corrected chi connectivity index (χ4v) is 7.51. The van der Waals surface area contributed by atoms with Gasteiger partial charge in [-0.25, -0.2) is 13.1 Å². The highest BCUT2D eigenvalue weighted by molar-refractivity contribution is 8.22. The molecule has 1 fully saturated rings. The number of carbonyl (C=O) groups is 1. The number of aliphatic hydroxyl groups excluding tert-OH is 3. The summed E-state index contributed by atoms with van der Waals surface area (Å²) < 4.78 is 90.3. The smallest absolute Gasteiger partial charge is 0.394 e. The lowest BCUT2D eigenvalue weighted by Gasteiger charge is -2.42. The van der Waals surface area contributed by atoms with E-state index in [2.05, 4.69) is 15.0 Å². The summed E-state index contributed by atoms with van der Waals surface area (Å²) in [5.41, 5.74) is -2.95. The number of rotatable bonds is 10. The Labute approximate surface area is 253 Å². The summed E-state index contributed by atoms with van der Waals surface area (Å²) in [5, 5.41) is 32.0. The van der Waals surface area contributed by atoms with Gasteiger partial charge in [0.05, 0.1) is 30.3 Å². The molecule has 44 heavy (non-hydrogen) atoms. The number of amides is 1. The molecule has 0 unspecified atom stereocenters. The van der Waals surface area contributed by atoms with Crippen LogP contribution in [0.25, 0.3) is 6.08 Å². The van der Waals surface area contributed by atoms with Gasteiger partial charge in [0.1, 0.15) is 16.9 Å². The van der Waals surface area contributed by atoms with E-state index < -0.39 is 69.3 Å². The molecule has 0 saturated carbocycles. The number of aryl methyl sites for hydroxylation is 1. The van der Waals surface area contributed by atoms with Crippen molar-refractivity contribution in [2.24, 2.45) is 4.99 Å². The van der Waals surface area contributed by atoms with Crippen molar-refractivity contribution in [2.75, 3.05) is 32.9 Å². The Morgan fingerprint density at radius 3 is 2.25 bits per heavy atom. The van der Waals surface area contributed by atoms with Crippen LogP contribution in [0.3, 0.4) is 0 Å². The fraction of sp³-hybridized carbons (Fsp3) is 0.407. The Kier molecular flexibility index (Phi) is 9.66. The first-order valence-electron chi connectivity index (χ1n) is 13.3. The maximum absolute atomic E-state index is 13.1. The van der Waals surface area contributed by atoms with Crippen molar-refractivity contribution < 1.29 is 50.8 Å². The van der Waals surface area contributed by atoms with Crippen LogP contribution >= 0.6 is 10.8 Å². The van der Waals surface area contributed by atoms with Crippen molar-refractivity contribution in [1.82, 2.24) is 14.3 Å². The number of amidine groups is 1. The van der Waals surface area contributed by atoms with Gasteiger partial charge in [0.15, 0.2) is 0 Å². The molecule has 242 valence electrons. The molecule has 2 heterocycles. The lowest BCUT2D eigenvalue weighted by Crippen LogP contribution is -2.55. The van der Waals surface area contributed by atoms with E-state index in [9.17, 15) is 50.8 Å². The molecule has 2 aromatic carbocycles. The lowest BCUT2D eigenvalue weighted by molar-refractivity contribution is -0.137. The number of benzene rings is 2. The third kappa shape index (κ3) is 7.00. The zero-order valence-electron chi connectivity index (χ0n) is 23.5. The molecule has 0 bridgehead atoms. The van der Waals surface area contributed by atoms with Crippen LogP contribution in [0.5, 0.6) is 0 Å². The molecule has 2 aromatic rings. The Balaban J connectivity index is 1.45. The summed E-state index contributed by atoms with van der Waals surface area (Å²) in [6, 6.07) is 8.57. The van der Waals surface area contributed by atoms with Crippen LogP contribution in [0.4, 0.5) is 13.2 Å². The number of hydrogen-bond donors (Lipinski definition) is 7. The van der Waals surface area contributed by atoms with E-state index in [4.69, 9.17) is 0 Å². The standard InChI is InChI=1S/C27H33F3N4O8S2/c1-18-13-22(44(41,42)33-25(15-35,16-36)17-37)6-5-19(18)7-12-43(39,40)34-10-8-26(9-11-34)24(38)31-23(32-26)20-3-2-4-21(14-20)27(28,29)30/h2-7,12-14,33,35-37,41-42H,8-11,15-17H2,1H3,(H,31,32,38)/b12-7+. The van der Waals surface area contributed by atoms with Crippen molar-refractivity contribution in [2.45, 2.75) is 41.9 Å². The number of alkyl halides is 3. The average molecular weight is 663 g/mol. The maximum atomic E-state index is 13.1. The van der Waals surface area contributed by atoms with Crippen LogP contribution in [0.1, 0.15) is 35.1 Å². The van der Waals surface area contributed by atoms with Gasteiger partial charge < -0.3 is 20.6 Å². The van der Waals surface area contributed by atoms with Gasteiger partial charge in [0.25, 0.3) is 5.91 Å². The number of halogens is 3. The molecule has 12 nitrogen and oxygen atoms in total. The number of sulfonamides is 1. The molecule has 0 atom stereocenters. The molecule has 0 aliphatic carbocycles. The summed E-state index contributed by atoms with van der Waals surface area (Å²) in [5.74, 6) is -0.513. The monoisotopic (exact) mass is 662 g/mol. The van der Waals surface area contributed by atoms with Crippen molar-refractivity contribution in [3.63, 3.8) is 0 Å². The summed E-state index contributed by atoms with van der Waals surface area (Å²) in [6.07, 6.45) is -3.21. The molecule has 0 radical (unpaired) electrons. The second kappa shape index (κ2) is 12.5. The van der Waals surface area contributed by atoms with Crippen LogP contribution in [-0.2, 0) is 21.0 Å². The largest absolute Gasteiger partial charge is 0.416 e. The van der Waals surface area contributed by atoms with Crippen LogP contribution in [-0.4, -0.2) is 92.9 Å². The fourth-order valence-electron chi connectivity index (χ4n) is 4.81. The van der Waals surface area contributed by atoms with Crippen molar-refractivity contribution in [1.29, 1.82) is 0 Å². The molecule has 1 saturated heterocycles. The second-order valence-electron chi connectivity index (χ2n) is 10.7. The Morgan fingerprint density at radius 1 is 1.05 bits per heavy atom. The highest BCUT2D eigenvalue weighted by Gasteiger charge is 2.47. The number of aliphatic imine (C=N–C) groups is 1. The number of nitrogens with zero attached hydrogens (tertiary/aromatic N) is 2. The summed E-state index contributed by atoms with van der Waals surface area (Å²) in [6.45, 7) is -0.859. The summed E-state index contributed by atoms with van der Waals surface area (Å²) in [7, 11) is -7.74. The molecule has 4 rings (SSSR count). The SMILES string of the molecule is Cc1cc(S(O)(O)NC(CO)(CO)CO)ccc1/C=C/S(=O)(=O)N1CCC2(CC1)N=C(c1cccc(C(F)(F)F)c1)NC2=O. The zero-order chi connectivity index (χ0) is 32.6. The van der Waals surface area contributed by atoms with Crippen LogP contribution in [0.15, 0.2) is 57.8 Å². The van der Waals surface area contributed by atoms with Gasteiger partial charge in [-0.2, -0.15) is 17.5 Å². The van der Waals surface area contributed by atoms with E-state index in [0.29, 0.717) is 11.1 Å². The van der Waals surface area contributed by atoms with Crippen LogP contribution in [0.2, 0.25) is 0 Å². The molecule has 2 aliphatic rings. The van der Waals surface area contributed by atoms with Crippen molar-refractivity contribution in [3.8, 4) is 0 Å². The van der Waals surface area contributed by atoms with E-state index in [1.165, 1.54) is 40.7 Å². The molecule has 17 heteroatoms. The van der Waals surface area contributed by atoms with Gasteiger partial charge >= 0.3 is 6.18 Å². The number of nitrogens with one attached hydrogen (secondary N) is 2. The maximum Gasteiger partial charge on any atom is 0.416 e. The molecule has 1 spiro atoms. The number of piperidine rings is 1. The van der Waals surface area contributed by atoms with Gasteiger partial charge in [-0.15, -0.1) is 10.8 Å². The predicted molar refractivity (Wildman–Crippen MR) is 157 cm³/mol. The number of carbonyl (C=O) groups excluding carboxylic acids is 1. The van der Waals surface area contributed by atoms with Crippen LogP contribution in [0, 0.1) is 6.92 Å². The predicted octanol–water partition coefficient (Wildman–Crippen LogP) is 2.06. The van der Waals surface area contributed by atoms with E-state index >= 15 is 0 Å². The van der Waals surface area contributed by atoms with Crippen molar-refractivity contribution in [3.05, 3.63) is 70.1 Å². The minimum absolute atomic E-state index is 0.00203. The summed E-state index contributed by atoms with van der Waals surface area (Å²) >= 11 is 0. The van der Waals surface area contributed by atoms with Crippen molar-refractivity contribution >= 4 is 38.6 Å². The minimum Gasteiger partial charge on any atom is -0.394 e. The second-order valence-corrected chi connectivity index (χ2v) is 14.3. The molecular weight excluding hydrogens is 629 g/mol. The average Bonchev–Trinajstić information content (AvgIpc) is 3.30. The minimum atomic E-state index is -4.57.